The van der Waals surface area contributed by atoms with Gasteiger partial charge in [0.25, 0.3) is 0 Å². The lowest BCUT2D eigenvalue weighted by Gasteiger charge is -2.38. The predicted octanol–water partition coefficient (Wildman–Crippen LogP) is 2.95. The predicted molar refractivity (Wildman–Crippen MR) is 75.3 cm³/mol. The number of rotatable bonds is 3. The number of benzene rings is 1. The van der Waals surface area contributed by atoms with Crippen LogP contribution in [0.1, 0.15) is 25.3 Å². The van der Waals surface area contributed by atoms with Crippen molar-refractivity contribution in [1.29, 1.82) is 0 Å². The van der Waals surface area contributed by atoms with Crippen LogP contribution in [0.25, 0.3) is 0 Å². The lowest BCUT2D eigenvalue weighted by Crippen LogP contribution is -2.45. The van der Waals surface area contributed by atoms with E-state index in [1.807, 2.05) is 0 Å². The number of hydrogen-bond donors (Lipinski definition) is 1. The number of hydrogen-bond acceptors (Lipinski definition) is 2. The average molecular weight is 291 g/mol. The minimum Gasteiger partial charge on any atom is -0.329 e. The van der Waals surface area contributed by atoms with Gasteiger partial charge in [0, 0.05) is 25.2 Å². The molecule has 2 N–H and O–H groups in total. The van der Waals surface area contributed by atoms with Crippen molar-refractivity contribution in [2.75, 3.05) is 13.1 Å². The molecule has 1 heterocycles. The van der Waals surface area contributed by atoms with Gasteiger partial charge in [-0.25, -0.2) is 8.78 Å². The molecule has 0 aliphatic carbocycles. The standard InChI is InChI=1S/C14H20F2N2.ClH/c1-10-2-3-18(14(4-10)8-17)9-11-5-12(15)7-13(16)6-11;/h5-7,10,14H,2-4,8-9,17H2,1H3;1H. The number of nitrogens with two attached hydrogens (primary N) is 1. The van der Waals surface area contributed by atoms with E-state index in [0.29, 0.717) is 30.6 Å². The minimum absolute atomic E-state index is 0. The van der Waals surface area contributed by atoms with Gasteiger partial charge in [-0.3, -0.25) is 4.90 Å². The van der Waals surface area contributed by atoms with Crippen molar-refractivity contribution < 1.29 is 8.78 Å². The van der Waals surface area contributed by atoms with Crippen LogP contribution in [-0.4, -0.2) is 24.0 Å². The van der Waals surface area contributed by atoms with Gasteiger partial charge in [0.1, 0.15) is 11.6 Å². The molecule has 1 aromatic rings. The Bertz CT molecular complexity index is 394. The quantitative estimate of drug-likeness (QED) is 0.927. The van der Waals surface area contributed by atoms with E-state index in [1.165, 1.54) is 12.1 Å². The zero-order valence-electron chi connectivity index (χ0n) is 11.1. The normalized spacial score (nSPS) is 24.0. The highest BCUT2D eigenvalue weighted by Crippen LogP contribution is 2.24. The van der Waals surface area contributed by atoms with E-state index in [-0.39, 0.29) is 12.4 Å². The van der Waals surface area contributed by atoms with Crippen LogP contribution in [0, 0.1) is 17.6 Å². The van der Waals surface area contributed by atoms with E-state index in [9.17, 15) is 8.78 Å². The smallest absolute Gasteiger partial charge is 0.126 e. The van der Waals surface area contributed by atoms with Crippen LogP contribution < -0.4 is 5.73 Å². The molecular formula is C14H21ClF2N2. The third-order valence-corrected chi connectivity index (χ3v) is 3.68. The third kappa shape index (κ3) is 4.41. The third-order valence-electron chi connectivity index (χ3n) is 3.68. The molecule has 2 unspecified atom stereocenters. The molecule has 2 nitrogen and oxygen atoms in total. The molecule has 1 aromatic carbocycles. The van der Waals surface area contributed by atoms with Crippen molar-refractivity contribution in [2.45, 2.75) is 32.4 Å². The van der Waals surface area contributed by atoms with Crippen molar-refractivity contribution in [2.24, 2.45) is 11.7 Å². The molecule has 1 saturated heterocycles. The van der Waals surface area contributed by atoms with Crippen LogP contribution in [0.4, 0.5) is 8.78 Å². The van der Waals surface area contributed by atoms with Gasteiger partial charge in [-0.15, -0.1) is 12.4 Å². The number of nitrogens with zero attached hydrogens (tertiary/aromatic N) is 1. The molecule has 0 spiro atoms. The molecule has 0 radical (unpaired) electrons. The van der Waals surface area contributed by atoms with Gasteiger partial charge in [0.05, 0.1) is 0 Å². The largest absolute Gasteiger partial charge is 0.329 e. The van der Waals surface area contributed by atoms with Gasteiger partial charge in [-0.1, -0.05) is 6.92 Å². The minimum atomic E-state index is -0.514. The molecule has 1 fully saturated rings. The Morgan fingerprint density at radius 3 is 2.47 bits per heavy atom. The first-order chi connectivity index (χ1) is 8.58. The van der Waals surface area contributed by atoms with Crippen LogP contribution in [0.5, 0.6) is 0 Å². The maximum atomic E-state index is 13.1. The number of halogens is 3. The molecular weight excluding hydrogens is 270 g/mol. The lowest BCUT2D eigenvalue weighted by atomic mass is 9.92. The second-order valence-electron chi connectivity index (χ2n) is 5.27. The molecule has 0 aromatic heterocycles. The topological polar surface area (TPSA) is 29.3 Å². The van der Waals surface area contributed by atoms with E-state index < -0.39 is 11.6 Å². The summed E-state index contributed by atoms with van der Waals surface area (Å²) < 4.78 is 26.3. The molecule has 0 bridgehead atoms. The molecule has 2 rings (SSSR count). The Kier molecular flexibility index (Phi) is 6.17. The summed E-state index contributed by atoms with van der Waals surface area (Å²) in [6, 6.07) is 4.02. The average Bonchev–Trinajstić information content (AvgIpc) is 2.30. The second-order valence-corrected chi connectivity index (χ2v) is 5.27. The Morgan fingerprint density at radius 2 is 1.89 bits per heavy atom. The Morgan fingerprint density at radius 1 is 1.26 bits per heavy atom. The summed E-state index contributed by atoms with van der Waals surface area (Å²) in [6.07, 6.45) is 2.18. The highest BCUT2D eigenvalue weighted by atomic mass is 35.5. The fourth-order valence-corrected chi connectivity index (χ4v) is 2.69. The summed E-state index contributed by atoms with van der Waals surface area (Å²) in [5, 5.41) is 0. The fraction of sp³-hybridized carbons (Fsp3) is 0.571. The maximum absolute atomic E-state index is 13.1. The Balaban J connectivity index is 0.00000180. The van der Waals surface area contributed by atoms with E-state index >= 15 is 0 Å². The van der Waals surface area contributed by atoms with Crippen molar-refractivity contribution in [3.05, 3.63) is 35.4 Å². The fourth-order valence-electron chi connectivity index (χ4n) is 2.69. The van der Waals surface area contributed by atoms with Gasteiger partial charge in [0.2, 0.25) is 0 Å². The Hall–Kier alpha value is -0.710. The van der Waals surface area contributed by atoms with Crippen LogP contribution in [-0.2, 0) is 6.54 Å². The molecule has 5 heteroatoms. The first-order valence-electron chi connectivity index (χ1n) is 6.47. The first-order valence-corrected chi connectivity index (χ1v) is 6.47. The summed E-state index contributed by atoms with van der Waals surface area (Å²) in [5.41, 5.74) is 6.46. The van der Waals surface area contributed by atoms with Crippen molar-refractivity contribution >= 4 is 12.4 Å². The van der Waals surface area contributed by atoms with Crippen LogP contribution in [0.3, 0.4) is 0 Å². The molecule has 0 amide bonds. The van der Waals surface area contributed by atoms with Crippen LogP contribution in [0.15, 0.2) is 18.2 Å². The molecule has 2 atom stereocenters. The zero-order valence-corrected chi connectivity index (χ0v) is 11.9. The summed E-state index contributed by atoms with van der Waals surface area (Å²) in [7, 11) is 0. The monoisotopic (exact) mass is 290 g/mol. The maximum Gasteiger partial charge on any atom is 0.126 e. The summed E-state index contributed by atoms with van der Waals surface area (Å²) in [6.45, 7) is 4.34. The molecule has 19 heavy (non-hydrogen) atoms. The summed E-state index contributed by atoms with van der Waals surface area (Å²) >= 11 is 0. The number of likely N-dealkylation sites (tertiary alicyclic amines) is 1. The van der Waals surface area contributed by atoms with Gasteiger partial charge < -0.3 is 5.73 Å². The molecule has 1 aliphatic rings. The van der Waals surface area contributed by atoms with E-state index in [4.69, 9.17) is 5.73 Å². The second kappa shape index (κ2) is 7.17. The Labute approximate surface area is 119 Å². The highest BCUT2D eigenvalue weighted by Gasteiger charge is 2.25. The van der Waals surface area contributed by atoms with Crippen LogP contribution in [0.2, 0.25) is 0 Å². The van der Waals surface area contributed by atoms with E-state index in [2.05, 4.69) is 11.8 Å². The van der Waals surface area contributed by atoms with Crippen molar-refractivity contribution in [1.82, 2.24) is 4.90 Å². The van der Waals surface area contributed by atoms with Gasteiger partial charge in [-0.2, -0.15) is 0 Å². The summed E-state index contributed by atoms with van der Waals surface area (Å²) in [4.78, 5) is 2.23. The van der Waals surface area contributed by atoms with Crippen LogP contribution >= 0.6 is 12.4 Å². The van der Waals surface area contributed by atoms with Gasteiger partial charge in [-0.05, 0) is 43.0 Å². The highest BCUT2D eigenvalue weighted by molar-refractivity contribution is 5.85. The number of piperidine rings is 1. The SMILES string of the molecule is CC1CCN(Cc2cc(F)cc(F)c2)C(CN)C1.Cl. The molecule has 108 valence electrons. The first kappa shape index (κ1) is 16.3. The zero-order chi connectivity index (χ0) is 13.1. The van der Waals surface area contributed by atoms with Crippen molar-refractivity contribution in [3.63, 3.8) is 0 Å². The van der Waals surface area contributed by atoms with Gasteiger partial charge >= 0.3 is 0 Å². The van der Waals surface area contributed by atoms with E-state index in [1.54, 1.807) is 0 Å². The lowest BCUT2D eigenvalue weighted by molar-refractivity contribution is 0.115. The molecule has 1 aliphatic heterocycles. The summed E-state index contributed by atoms with van der Waals surface area (Å²) in [5.74, 6) is -0.349. The van der Waals surface area contributed by atoms with E-state index in [0.717, 1.165) is 25.5 Å². The van der Waals surface area contributed by atoms with Gasteiger partial charge in [0.15, 0.2) is 0 Å². The molecule has 0 saturated carbocycles. The van der Waals surface area contributed by atoms with Crippen molar-refractivity contribution in [3.8, 4) is 0 Å².